The number of anilines is 1. The molecule has 0 aliphatic heterocycles. The van der Waals surface area contributed by atoms with Crippen LogP contribution in [-0.2, 0) is 9.53 Å². The number of carbonyl (C=O) groups excluding carboxylic acids is 1. The Bertz CT molecular complexity index is 462. The van der Waals surface area contributed by atoms with Gasteiger partial charge in [-0.1, -0.05) is 43.5 Å². The molecule has 0 saturated heterocycles. The van der Waals surface area contributed by atoms with Crippen molar-refractivity contribution in [3.8, 4) is 0 Å². The summed E-state index contributed by atoms with van der Waals surface area (Å²) in [4.78, 5) is 12.2. The number of nitrogens with one attached hydrogen (secondary N) is 1. The summed E-state index contributed by atoms with van der Waals surface area (Å²) in [5.74, 6) is 0.360. The summed E-state index contributed by atoms with van der Waals surface area (Å²) < 4.78 is 4.98. The van der Waals surface area contributed by atoms with Crippen molar-refractivity contribution in [2.45, 2.75) is 32.1 Å². The third kappa shape index (κ3) is 4.49. The zero-order valence-electron chi connectivity index (χ0n) is 12.1. The van der Waals surface area contributed by atoms with E-state index in [1.165, 1.54) is 19.3 Å². The Hall–Kier alpha value is -1.61. The molecule has 0 radical (unpaired) electrons. The Morgan fingerprint density at radius 1 is 1.35 bits per heavy atom. The fourth-order valence-corrected chi connectivity index (χ4v) is 2.61. The zero-order valence-corrected chi connectivity index (χ0v) is 12.1. The van der Waals surface area contributed by atoms with Gasteiger partial charge in [0.15, 0.2) is 0 Å². The van der Waals surface area contributed by atoms with Crippen molar-refractivity contribution < 1.29 is 9.53 Å². The summed E-state index contributed by atoms with van der Waals surface area (Å²) in [6.07, 6.45) is 9.64. The van der Waals surface area contributed by atoms with E-state index in [9.17, 15) is 4.79 Å². The molecule has 2 rings (SSSR count). The van der Waals surface area contributed by atoms with Gasteiger partial charge in [-0.2, -0.15) is 0 Å². The third-order valence-electron chi connectivity index (χ3n) is 3.70. The van der Waals surface area contributed by atoms with Crippen LogP contribution in [0.5, 0.6) is 0 Å². The molecule has 0 aromatic heterocycles. The quantitative estimate of drug-likeness (QED) is 0.884. The number of hydrogen-bond donors (Lipinski definition) is 1. The van der Waals surface area contributed by atoms with Crippen LogP contribution in [-0.4, -0.2) is 19.6 Å². The summed E-state index contributed by atoms with van der Waals surface area (Å²) in [6, 6.07) is 7.91. The van der Waals surface area contributed by atoms with Crippen molar-refractivity contribution >= 4 is 17.7 Å². The van der Waals surface area contributed by atoms with E-state index < -0.39 is 0 Å². The number of hydrogen-bond acceptors (Lipinski definition) is 2. The summed E-state index contributed by atoms with van der Waals surface area (Å²) in [6.45, 7) is 0.596. The highest BCUT2D eigenvalue weighted by Crippen LogP contribution is 2.25. The first-order valence-electron chi connectivity index (χ1n) is 7.36. The molecule has 0 unspecified atom stereocenters. The SMILES string of the molecule is COCC=Cc1cccc(NC(=O)C2CCCCC2)c1. The Labute approximate surface area is 121 Å². The second kappa shape index (κ2) is 7.85. The molecule has 3 heteroatoms. The molecule has 1 saturated carbocycles. The number of carbonyl (C=O) groups is 1. The second-order valence-corrected chi connectivity index (χ2v) is 5.31. The molecule has 0 atom stereocenters. The molecule has 0 bridgehead atoms. The number of rotatable bonds is 5. The van der Waals surface area contributed by atoms with E-state index in [0.29, 0.717) is 6.61 Å². The molecule has 1 aliphatic rings. The van der Waals surface area contributed by atoms with Gasteiger partial charge in [0, 0.05) is 18.7 Å². The lowest BCUT2D eigenvalue weighted by atomic mass is 9.88. The Morgan fingerprint density at radius 3 is 2.90 bits per heavy atom. The fraction of sp³-hybridized carbons (Fsp3) is 0.471. The maximum absolute atomic E-state index is 12.2. The van der Waals surface area contributed by atoms with Crippen molar-refractivity contribution in [1.29, 1.82) is 0 Å². The molecule has 1 fully saturated rings. The van der Waals surface area contributed by atoms with Gasteiger partial charge in [-0.15, -0.1) is 0 Å². The normalized spacial score (nSPS) is 16.4. The van der Waals surface area contributed by atoms with Crippen LogP contribution in [0.3, 0.4) is 0 Å². The molecule has 0 heterocycles. The summed E-state index contributed by atoms with van der Waals surface area (Å²) in [7, 11) is 1.67. The van der Waals surface area contributed by atoms with Crippen LogP contribution in [0.25, 0.3) is 6.08 Å². The van der Waals surface area contributed by atoms with E-state index in [1.54, 1.807) is 7.11 Å². The van der Waals surface area contributed by atoms with Gasteiger partial charge in [0.25, 0.3) is 0 Å². The van der Waals surface area contributed by atoms with Gasteiger partial charge in [-0.25, -0.2) is 0 Å². The van der Waals surface area contributed by atoms with Crippen molar-refractivity contribution in [2.24, 2.45) is 5.92 Å². The average molecular weight is 273 g/mol. The van der Waals surface area contributed by atoms with Crippen LogP contribution in [0.2, 0.25) is 0 Å². The number of ether oxygens (including phenoxy) is 1. The average Bonchev–Trinajstić information content (AvgIpc) is 2.49. The molecule has 1 N–H and O–H groups in total. The smallest absolute Gasteiger partial charge is 0.227 e. The first kappa shape index (κ1) is 14.8. The predicted molar refractivity (Wildman–Crippen MR) is 82.6 cm³/mol. The summed E-state index contributed by atoms with van der Waals surface area (Å²) in [5.41, 5.74) is 1.95. The largest absolute Gasteiger partial charge is 0.381 e. The first-order chi connectivity index (χ1) is 9.79. The Balaban J connectivity index is 1.94. The van der Waals surface area contributed by atoms with E-state index in [0.717, 1.165) is 24.1 Å². The number of benzene rings is 1. The van der Waals surface area contributed by atoms with E-state index in [4.69, 9.17) is 4.74 Å². The standard InChI is InChI=1S/C17H23NO2/c1-20-12-6-8-14-7-5-11-16(13-14)18-17(19)15-9-3-2-4-10-15/h5-8,11,13,15H,2-4,9-10,12H2,1H3,(H,18,19). The van der Waals surface area contributed by atoms with Crippen molar-refractivity contribution in [2.75, 3.05) is 19.0 Å². The molecule has 1 aromatic rings. The van der Waals surface area contributed by atoms with Crippen LogP contribution in [0, 0.1) is 5.92 Å². The number of methoxy groups -OCH3 is 1. The number of amides is 1. The minimum atomic E-state index is 0.169. The van der Waals surface area contributed by atoms with Crippen LogP contribution in [0.15, 0.2) is 30.3 Å². The molecule has 0 spiro atoms. The topological polar surface area (TPSA) is 38.3 Å². The van der Waals surface area contributed by atoms with E-state index in [-0.39, 0.29) is 11.8 Å². The van der Waals surface area contributed by atoms with Crippen molar-refractivity contribution in [1.82, 2.24) is 0 Å². The van der Waals surface area contributed by atoms with Gasteiger partial charge in [0.05, 0.1) is 6.61 Å². The minimum absolute atomic E-state index is 0.169. The van der Waals surface area contributed by atoms with E-state index in [2.05, 4.69) is 5.32 Å². The maximum Gasteiger partial charge on any atom is 0.227 e. The van der Waals surface area contributed by atoms with Gasteiger partial charge in [-0.05, 0) is 30.5 Å². The highest BCUT2D eigenvalue weighted by molar-refractivity contribution is 5.92. The Kier molecular flexibility index (Phi) is 5.81. The van der Waals surface area contributed by atoms with Gasteiger partial charge in [0.2, 0.25) is 5.91 Å². The van der Waals surface area contributed by atoms with Crippen molar-refractivity contribution in [3.63, 3.8) is 0 Å². The second-order valence-electron chi connectivity index (χ2n) is 5.31. The summed E-state index contributed by atoms with van der Waals surface area (Å²) in [5, 5.41) is 3.04. The van der Waals surface area contributed by atoms with Crippen LogP contribution in [0.4, 0.5) is 5.69 Å². The lowest BCUT2D eigenvalue weighted by Crippen LogP contribution is -2.24. The summed E-state index contributed by atoms with van der Waals surface area (Å²) >= 11 is 0. The highest BCUT2D eigenvalue weighted by atomic mass is 16.5. The zero-order chi connectivity index (χ0) is 14.2. The molecule has 1 aliphatic carbocycles. The maximum atomic E-state index is 12.2. The van der Waals surface area contributed by atoms with Gasteiger partial charge in [-0.3, -0.25) is 4.79 Å². The highest BCUT2D eigenvalue weighted by Gasteiger charge is 2.20. The lowest BCUT2D eigenvalue weighted by molar-refractivity contribution is -0.120. The van der Waals surface area contributed by atoms with Crippen LogP contribution < -0.4 is 5.32 Å². The molecular formula is C17H23NO2. The van der Waals surface area contributed by atoms with Gasteiger partial charge < -0.3 is 10.1 Å². The Morgan fingerprint density at radius 2 is 2.15 bits per heavy atom. The van der Waals surface area contributed by atoms with Gasteiger partial charge in [0.1, 0.15) is 0 Å². The monoisotopic (exact) mass is 273 g/mol. The first-order valence-corrected chi connectivity index (χ1v) is 7.36. The predicted octanol–water partition coefficient (Wildman–Crippen LogP) is 3.87. The van der Waals surface area contributed by atoms with E-state index >= 15 is 0 Å². The molecule has 1 amide bonds. The fourth-order valence-electron chi connectivity index (χ4n) is 2.61. The molecular weight excluding hydrogens is 250 g/mol. The van der Waals surface area contributed by atoms with E-state index in [1.807, 2.05) is 36.4 Å². The molecule has 3 nitrogen and oxygen atoms in total. The minimum Gasteiger partial charge on any atom is -0.381 e. The van der Waals surface area contributed by atoms with Crippen molar-refractivity contribution in [3.05, 3.63) is 35.9 Å². The van der Waals surface area contributed by atoms with Crippen LogP contribution in [0.1, 0.15) is 37.7 Å². The molecule has 108 valence electrons. The third-order valence-corrected chi connectivity index (χ3v) is 3.70. The lowest BCUT2D eigenvalue weighted by Gasteiger charge is -2.20. The van der Waals surface area contributed by atoms with Gasteiger partial charge >= 0.3 is 0 Å². The molecule has 1 aromatic carbocycles. The van der Waals surface area contributed by atoms with Crippen LogP contribution >= 0.6 is 0 Å². The molecule has 20 heavy (non-hydrogen) atoms.